The molecule has 1 atom stereocenters. The Morgan fingerprint density at radius 3 is 2.67 bits per heavy atom. The quantitative estimate of drug-likeness (QED) is 0.767. The molecule has 27 heavy (non-hydrogen) atoms. The summed E-state index contributed by atoms with van der Waals surface area (Å²) in [4.78, 5) is 6.80. The number of aromatic nitrogens is 5. The molecule has 7 heteroatoms. The Hall–Kier alpha value is -2.38. The normalized spacial score (nSPS) is 18.1. The number of nitrogens with zero attached hydrogens (tertiary/aromatic N) is 6. The largest absolute Gasteiger partial charge is 0.393 e. The molecule has 0 amide bonds. The van der Waals surface area contributed by atoms with Gasteiger partial charge >= 0.3 is 0 Å². The van der Waals surface area contributed by atoms with Crippen molar-refractivity contribution < 1.29 is 5.11 Å². The van der Waals surface area contributed by atoms with Crippen LogP contribution in [-0.4, -0.2) is 54.4 Å². The molecule has 0 aliphatic carbocycles. The molecule has 0 radical (unpaired) electrons. The number of likely N-dealkylation sites (tertiary alicyclic amines) is 1. The monoisotopic (exact) mass is 366 g/mol. The van der Waals surface area contributed by atoms with E-state index in [-0.39, 0.29) is 17.7 Å². The zero-order chi connectivity index (χ0) is 19.0. The van der Waals surface area contributed by atoms with E-state index < -0.39 is 0 Å². The molecule has 3 aromatic rings. The number of rotatable bonds is 3. The summed E-state index contributed by atoms with van der Waals surface area (Å²) in [6, 6.07) is 10.3. The van der Waals surface area contributed by atoms with E-state index >= 15 is 0 Å². The number of piperidine rings is 1. The van der Waals surface area contributed by atoms with Crippen LogP contribution in [-0.2, 0) is 5.54 Å². The predicted molar refractivity (Wildman–Crippen MR) is 103 cm³/mol. The Labute approximate surface area is 159 Å². The van der Waals surface area contributed by atoms with Crippen LogP contribution in [0.2, 0.25) is 0 Å². The second kappa shape index (κ2) is 6.98. The average Bonchev–Trinajstić information content (AvgIpc) is 3.13. The Morgan fingerprint density at radius 1 is 1.15 bits per heavy atom. The summed E-state index contributed by atoms with van der Waals surface area (Å²) in [7, 11) is 0. The highest BCUT2D eigenvalue weighted by Crippen LogP contribution is 2.33. The predicted octanol–water partition coefficient (Wildman–Crippen LogP) is 2.52. The van der Waals surface area contributed by atoms with Gasteiger partial charge in [-0.3, -0.25) is 9.88 Å². The topological polar surface area (TPSA) is 80.0 Å². The molecule has 1 fully saturated rings. The van der Waals surface area contributed by atoms with Gasteiger partial charge in [-0.25, -0.2) is 4.68 Å². The minimum Gasteiger partial charge on any atom is -0.393 e. The summed E-state index contributed by atoms with van der Waals surface area (Å²) >= 11 is 0. The first-order chi connectivity index (χ1) is 12.9. The Balaban J connectivity index is 1.82. The fraction of sp³-hybridized carbons (Fsp3) is 0.500. The van der Waals surface area contributed by atoms with E-state index in [2.05, 4.69) is 70.4 Å². The van der Waals surface area contributed by atoms with Gasteiger partial charge in [0.15, 0.2) is 5.82 Å². The minimum atomic E-state index is -0.221. The van der Waals surface area contributed by atoms with E-state index in [4.69, 9.17) is 0 Å². The molecule has 0 spiro atoms. The van der Waals surface area contributed by atoms with Gasteiger partial charge in [0.2, 0.25) is 0 Å². The van der Waals surface area contributed by atoms with Gasteiger partial charge in [0.1, 0.15) is 0 Å². The maximum atomic E-state index is 9.95. The molecule has 0 unspecified atom stereocenters. The van der Waals surface area contributed by atoms with Crippen molar-refractivity contribution in [3.8, 4) is 0 Å². The van der Waals surface area contributed by atoms with Gasteiger partial charge in [-0.1, -0.05) is 12.1 Å². The van der Waals surface area contributed by atoms with E-state index in [0.29, 0.717) is 0 Å². The molecule has 0 saturated carbocycles. The molecular weight excluding hydrogens is 340 g/mol. The standard InChI is InChI=1S/C20H26N6O/c1-20(2,3)26-19(22-23-24-26)18(25-11-8-16(27)9-12-25)15-6-7-17-14(13-15)5-4-10-21-17/h4-7,10,13,16,18,27H,8-9,11-12H2,1-3H3/t18-/m0/s1. The lowest BCUT2D eigenvalue weighted by molar-refractivity contribution is 0.0650. The number of hydrogen-bond donors (Lipinski definition) is 1. The molecule has 1 N–H and O–H groups in total. The fourth-order valence-corrected chi connectivity index (χ4v) is 3.77. The van der Waals surface area contributed by atoms with Crippen LogP contribution < -0.4 is 0 Å². The summed E-state index contributed by atoms with van der Waals surface area (Å²) in [5.41, 5.74) is 1.90. The summed E-state index contributed by atoms with van der Waals surface area (Å²) in [5.74, 6) is 0.835. The maximum absolute atomic E-state index is 9.95. The third-order valence-electron chi connectivity index (χ3n) is 5.18. The highest BCUT2D eigenvalue weighted by Gasteiger charge is 2.33. The van der Waals surface area contributed by atoms with Crippen LogP contribution in [0.1, 0.15) is 51.0 Å². The number of fused-ring (bicyclic) bond motifs is 1. The SMILES string of the molecule is CC(C)(C)n1nnnc1[C@H](c1ccc2ncccc2c1)N1CCC(O)CC1. The molecule has 4 rings (SSSR count). The van der Waals surface area contributed by atoms with Gasteiger partial charge < -0.3 is 5.11 Å². The van der Waals surface area contributed by atoms with E-state index in [9.17, 15) is 5.11 Å². The first-order valence-electron chi connectivity index (χ1n) is 9.49. The Morgan fingerprint density at radius 2 is 1.93 bits per heavy atom. The van der Waals surface area contributed by atoms with E-state index in [1.807, 2.05) is 16.9 Å². The van der Waals surface area contributed by atoms with Gasteiger partial charge in [0.25, 0.3) is 0 Å². The van der Waals surface area contributed by atoms with Crippen molar-refractivity contribution >= 4 is 10.9 Å². The number of benzene rings is 1. The van der Waals surface area contributed by atoms with Gasteiger partial charge in [-0.05, 0) is 67.8 Å². The second-order valence-corrected chi connectivity index (χ2v) is 8.24. The second-order valence-electron chi connectivity index (χ2n) is 8.24. The van der Waals surface area contributed by atoms with Crippen LogP contribution in [0.3, 0.4) is 0 Å². The van der Waals surface area contributed by atoms with E-state index in [0.717, 1.165) is 48.2 Å². The van der Waals surface area contributed by atoms with Crippen molar-refractivity contribution in [2.75, 3.05) is 13.1 Å². The maximum Gasteiger partial charge on any atom is 0.173 e. The number of aliphatic hydroxyl groups is 1. The van der Waals surface area contributed by atoms with Gasteiger partial charge in [-0.2, -0.15) is 0 Å². The number of tetrazole rings is 1. The van der Waals surface area contributed by atoms with E-state index in [1.54, 1.807) is 0 Å². The van der Waals surface area contributed by atoms with Gasteiger partial charge in [-0.15, -0.1) is 5.10 Å². The summed E-state index contributed by atoms with van der Waals surface area (Å²) in [6.07, 6.45) is 3.12. The number of aliphatic hydroxyl groups excluding tert-OH is 1. The van der Waals surface area contributed by atoms with Crippen molar-refractivity contribution in [2.45, 2.75) is 51.3 Å². The van der Waals surface area contributed by atoms with Crippen molar-refractivity contribution in [1.82, 2.24) is 30.1 Å². The molecule has 3 heterocycles. The molecule has 142 valence electrons. The average molecular weight is 366 g/mol. The van der Waals surface area contributed by atoms with Crippen molar-refractivity contribution in [1.29, 1.82) is 0 Å². The zero-order valence-corrected chi connectivity index (χ0v) is 16.1. The minimum absolute atomic E-state index is 0.0590. The molecule has 0 bridgehead atoms. The summed E-state index contributed by atoms with van der Waals surface area (Å²) in [5, 5.41) is 23.7. The fourth-order valence-electron chi connectivity index (χ4n) is 3.77. The number of hydrogen-bond acceptors (Lipinski definition) is 6. The smallest absolute Gasteiger partial charge is 0.173 e. The molecule has 2 aromatic heterocycles. The van der Waals surface area contributed by atoms with E-state index in [1.165, 1.54) is 0 Å². The van der Waals surface area contributed by atoms with Crippen molar-refractivity contribution in [3.63, 3.8) is 0 Å². The lowest BCUT2D eigenvalue weighted by atomic mass is 9.97. The lowest BCUT2D eigenvalue weighted by Gasteiger charge is -2.36. The molecule has 1 aliphatic heterocycles. The molecule has 1 aliphatic rings. The highest BCUT2D eigenvalue weighted by atomic mass is 16.3. The van der Waals surface area contributed by atoms with Gasteiger partial charge in [0.05, 0.1) is 23.2 Å². The van der Waals surface area contributed by atoms with Gasteiger partial charge in [0, 0.05) is 24.7 Å². The third kappa shape index (κ3) is 3.57. The Bertz CT molecular complexity index is 923. The van der Waals surface area contributed by atoms with Crippen LogP contribution in [0.4, 0.5) is 0 Å². The van der Waals surface area contributed by atoms with Crippen LogP contribution in [0.25, 0.3) is 10.9 Å². The third-order valence-corrected chi connectivity index (χ3v) is 5.18. The van der Waals surface area contributed by atoms with Crippen molar-refractivity contribution in [2.24, 2.45) is 0 Å². The first-order valence-corrected chi connectivity index (χ1v) is 9.49. The van der Waals surface area contributed by atoms with Crippen LogP contribution in [0.15, 0.2) is 36.5 Å². The zero-order valence-electron chi connectivity index (χ0n) is 16.1. The van der Waals surface area contributed by atoms with Crippen LogP contribution in [0.5, 0.6) is 0 Å². The summed E-state index contributed by atoms with van der Waals surface area (Å²) in [6.45, 7) is 7.94. The molecule has 1 aromatic carbocycles. The first kappa shape index (κ1) is 18.0. The molecule has 7 nitrogen and oxygen atoms in total. The summed E-state index contributed by atoms with van der Waals surface area (Å²) < 4.78 is 1.91. The van der Waals surface area contributed by atoms with Crippen LogP contribution in [0, 0.1) is 0 Å². The lowest BCUT2D eigenvalue weighted by Crippen LogP contribution is -2.41. The Kier molecular flexibility index (Phi) is 4.65. The molecular formula is C20H26N6O. The number of pyridine rings is 1. The molecule has 1 saturated heterocycles. The van der Waals surface area contributed by atoms with Crippen molar-refractivity contribution in [3.05, 3.63) is 47.9 Å². The van der Waals surface area contributed by atoms with Crippen LogP contribution >= 0.6 is 0 Å². The highest BCUT2D eigenvalue weighted by molar-refractivity contribution is 5.79.